The van der Waals surface area contributed by atoms with E-state index in [-0.39, 0.29) is 11.6 Å². The fourth-order valence-corrected chi connectivity index (χ4v) is 3.71. The first-order chi connectivity index (χ1) is 13.5. The molecule has 2 aromatic rings. The first-order valence-electron chi connectivity index (χ1n) is 9.82. The molecule has 1 saturated carbocycles. The summed E-state index contributed by atoms with van der Waals surface area (Å²) in [4.78, 5) is 25.4. The maximum atomic E-state index is 13.1. The number of piperidine rings is 1. The van der Waals surface area contributed by atoms with E-state index >= 15 is 0 Å². The Morgan fingerprint density at radius 3 is 2.50 bits per heavy atom. The largest absolute Gasteiger partial charge is 0.338 e. The molecule has 1 aromatic heterocycles. The predicted molar refractivity (Wildman–Crippen MR) is 105 cm³/mol. The first-order valence-corrected chi connectivity index (χ1v) is 9.82. The number of aromatic nitrogens is 2. The molecule has 1 aliphatic heterocycles. The highest BCUT2D eigenvalue weighted by molar-refractivity contribution is 5.99. The number of nitrogens with zero attached hydrogens (tertiary/aromatic N) is 4. The maximum Gasteiger partial charge on any atom is 0.269 e. The number of rotatable bonds is 6. The lowest BCUT2D eigenvalue weighted by molar-refractivity contribution is -0.384. The Bertz CT molecular complexity index is 864. The normalized spacial score (nSPS) is 17.7. The minimum absolute atomic E-state index is 0.0216. The molecule has 0 spiro atoms. The van der Waals surface area contributed by atoms with E-state index in [1.165, 1.54) is 25.0 Å². The van der Waals surface area contributed by atoms with Crippen LogP contribution in [0.4, 0.5) is 5.69 Å². The zero-order valence-corrected chi connectivity index (χ0v) is 16.0. The highest BCUT2D eigenvalue weighted by Gasteiger charge is 2.28. The van der Waals surface area contributed by atoms with Gasteiger partial charge in [-0.1, -0.05) is 0 Å². The summed E-state index contributed by atoms with van der Waals surface area (Å²) in [6, 6.07) is 6.66. The number of hydrogen-bond acceptors (Lipinski definition) is 5. The fourth-order valence-electron chi connectivity index (χ4n) is 3.71. The number of benzene rings is 1. The third kappa shape index (κ3) is 4.06. The van der Waals surface area contributed by atoms with Gasteiger partial charge in [0.05, 0.1) is 10.5 Å². The topological polar surface area (TPSA) is 93.3 Å². The number of nitro benzene ring substituents is 1. The van der Waals surface area contributed by atoms with Crippen molar-refractivity contribution in [1.29, 1.82) is 0 Å². The van der Waals surface area contributed by atoms with Gasteiger partial charge in [-0.15, -0.1) is 0 Å². The Morgan fingerprint density at radius 2 is 1.89 bits per heavy atom. The van der Waals surface area contributed by atoms with E-state index in [2.05, 4.69) is 10.4 Å². The summed E-state index contributed by atoms with van der Waals surface area (Å²) in [5.41, 5.74) is 1.83. The SMILES string of the molecule is Cn1cc(C(=O)N2CCC(NCC3CC3)CC2)c(-c2ccc([N+](=O)[O-])cc2)n1. The van der Waals surface area contributed by atoms with Gasteiger partial charge >= 0.3 is 0 Å². The maximum absolute atomic E-state index is 13.1. The second kappa shape index (κ2) is 7.71. The molecule has 148 valence electrons. The van der Waals surface area contributed by atoms with Gasteiger partial charge in [-0.25, -0.2) is 0 Å². The summed E-state index contributed by atoms with van der Waals surface area (Å²) in [7, 11) is 1.78. The number of carbonyl (C=O) groups excluding carboxylic acids is 1. The van der Waals surface area contributed by atoms with Crippen molar-refractivity contribution in [2.75, 3.05) is 19.6 Å². The van der Waals surface area contributed by atoms with E-state index in [0.29, 0.717) is 22.9 Å². The van der Waals surface area contributed by atoms with E-state index in [1.807, 2.05) is 4.90 Å². The number of carbonyl (C=O) groups is 1. The zero-order valence-electron chi connectivity index (χ0n) is 16.0. The van der Waals surface area contributed by atoms with Gasteiger partial charge in [-0.05, 0) is 50.3 Å². The standard InChI is InChI=1S/C20H25N5O3/c1-23-13-18(19(22-23)15-4-6-17(7-5-15)25(27)28)20(26)24-10-8-16(9-11-24)21-12-14-2-3-14/h4-7,13-14,16,21H,2-3,8-12H2,1H3. The average molecular weight is 383 g/mol. The molecule has 4 rings (SSSR count). The highest BCUT2D eigenvalue weighted by atomic mass is 16.6. The summed E-state index contributed by atoms with van der Waals surface area (Å²) in [5, 5.41) is 18.9. The Labute approximate surface area is 163 Å². The van der Waals surface area contributed by atoms with Gasteiger partial charge in [0.15, 0.2) is 0 Å². The minimum atomic E-state index is -0.435. The van der Waals surface area contributed by atoms with E-state index < -0.39 is 4.92 Å². The van der Waals surface area contributed by atoms with Crippen LogP contribution in [0.3, 0.4) is 0 Å². The van der Waals surface area contributed by atoms with Crippen molar-refractivity contribution in [3.05, 3.63) is 46.1 Å². The van der Waals surface area contributed by atoms with Gasteiger partial charge < -0.3 is 10.2 Å². The van der Waals surface area contributed by atoms with Crippen molar-refractivity contribution >= 4 is 11.6 Å². The first kappa shape index (κ1) is 18.6. The van der Waals surface area contributed by atoms with Gasteiger partial charge in [0, 0.05) is 50.1 Å². The van der Waals surface area contributed by atoms with Gasteiger partial charge in [0.25, 0.3) is 11.6 Å². The Kier molecular flexibility index (Phi) is 5.13. The van der Waals surface area contributed by atoms with Crippen LogP contribution in [0.25, 0.3) is 11.3 Å². The molecule has 2 fully saturated rings. The van der Waals surface area contributed by atoms with E-state index in [4.69, 9.17) is 0 Å². The van der Waals surface area contributed by atoms with Crippen LogP contribution < -0.4 is 5.32 Å². The molecule has 1 aliphatic carbocycles. The summed E-state index contributed by atoms with van der Waals surface area (Å²) in [6.07, 6.45) is 6.35. The summed E-state index contributed by atoms with van der Waals surface area (Å²) < 4.78 is 1.62. The van der Waals surface area contributed by atoms with E-state index in [0.717, 1.165) is 38.4 Å². The fraction of sp³-hybridized carbons (Fsp3) is 0.500. The number of aryl methyl sites for hydroxylation is 1. The molecular formula is C20H25N5O3. The molecular weight excluding hydrogens is 358 g/mol. The van der Waals surface area contributed by atoms with Crippen molar-refractivity contribution in [3.63, 3.8) is 0 Å². The van der Waals surface area contributed by atoms with Crippen LogP contribution in [0.15, 0.2) is 30.5 Å². The van der Waals surface area contributed by atoms with E-state index in [1.54, 1.807) is 30.1 Å². The summed E-state index contributed by atoms with van der Waals surface area (Å²) in [5.74, 6) is 0.835. The molecule has 8 heteroatoms. The van der Waals surface area contributed by atoms with Crippen molar-refractivity contribution in [1.82, 2.24) is 20.0 Å². The average Bonchev–Trinajstić information content (AvgIpc) is 3.46. The number of nitro groups is 1. The Morgan fingerprint density at radius 1 is 1.21 bits per heavy atom. The van der Waals surface area contributed by atoms with Crippen LogP contribution in [-0.4, -0.2) is 51.2 Å². The Hall–Kier alpha value is -2.74. The van der Waals surface area contributed by atoms with Crippen LogP contribution >= 0.6 is 0 Å². The quantitative estimate of drug-likeness (QED) is 0.611. The monoisotopic (exact) mass is 383 g/mol. The third-order valence-corrected chi connectivity index (χ3v) is 5.59. The van der Waals surface area contributed by atoms with Crippen LogP contribution in [-0.2, 0) is 7.05 Å². The number of amides is 1. The highest BCUT2D eigenvalue weighted by Crippen LogP contribution is 2.29. The summed E-state index contributed by atoms with van der Waals surface area (Å²) >= 11 is 0. The molecule has 0 bridgehead atoms. The number of likely N-dealkylation sites (tertiary alicyclic amines) is 1. The van der Waals surface area contributed by atoms with Gasteiger partial charge in [-0.2, -0.15) is 5.10 Å². The molecule has 1 N–H and O–H groups in total. The number of non-ortho nitro benzene ring substituents is 1. The second-order valence-electron chi connectivity index (χ2n) is 7.79. The van der Waals surface area contributed by atoms with Crippen molar-refractivity contribution in [2.45, 2.75) is 31.7 Å². The molecule has 1 amide bonds. The molecule has 1 aromatic carbocycles. The zero-order chi connectivity index (χ0) is 19.7. The molecule has 0 radical (unpaired) electrons. The second-order valence-corrected chi connectivity index (χ2v) is 7.79. The molecule has 1 saturated heterocycles. The smallest absolute Gasteiger partial charge is 0.269 e. The molecule has 28 heavy (non-hydrogen) atoms. The van der Waals surface area contributed by atoms with Gasteiger partial charge in [0.1, 0.15) is 5.69 Å². The van der Waals surface area contributed by atoms with Gasteiger partial charge in [-0.3, -0.25) is 19.6 Å². The van der Waals surface area contributed by atoms with E-state index in [9.17, 15) is 14.9 Å². The molecule has 2 aliphatic rings. The molecule has 0 unspecified atom stereocenters. The molecule has 0 atom stereocenters. The lowest BCUT2D eigenvalue weighted by Crippen LogP contribution is -2.45. The number of nitrogens with one attached hydrogen (secondary N) is 1. The lowest BCUT2D eigenvalue weighted by atomic mass is 10.0. The van der Waals surface area contributed by atoms with Gasteiger partial charge in [0.2, 0.25) is 0 Å². The predicted octanol–water partition coefficient (Wildman–Crippen LogP) is 2.60. The number of hydrogen-bond donors (Lipinski definition) is 1. The third-order valence-electron chi connectivity index (χ3n) is 5.59. The minimum Gasteiger partial charge on any atom is -0.338 e. The lowest BCUT2D eigenvalue weighted by Gasteiger charge is -2.32. The Balaban J connectivity index is 1.45. The molecule has 2 heterocycles. The summed E-state index contributed by atoms with van der Waals surface area (Å²) in [6.45, 7) is 2.57. The van der Waals surface area contributed by atoms with Crippen molar-refractivity contribution in [2.24, 2.45) is 13.0 Å². The van der Waals surface area contributed by atoms with Crippen LogP contribution in [0.1, 0.15) is 36.0 Å². The van der Waals surface area contributed by atoms with Crippen molar-refractivity contribution < 1.29 is 9.72 Å². The molecule has 8 nitrogen and oxygen atoms in total. The van der Waals surface area contributed by atoms with Crippen LogP contribution in [0, 0.1) is 16.0 Å². The van der Waals surface area contributed by atoms with Crippen LogP contribution in [0.5, 0.6) is 0 Å². The van der Waals surface area contributed by atoms with Crippen LogP contribution in [0.2, 0.25) is 0 Å². The van der Waals surface area contributed by atoms with Crippen molar-refractivity contribution in [3.8, 4) is 11.3 Å².